The van der Waals surface area contributed by atoms with E-state index < -0.39 is 10.0 Å². The van der Waals surface area contributed by atoms with Crippen LogP contribution in [0.1, 0.15) is 30.0 Å². The number of hydrogen-bond donors (Lipinski definition) is 1. The summed E-state index contributed by atoms with van der Waals surface area (Å²) in [5, 5.41) is 1.67. The second kappa shape index (κ2) is 5.44. The van der Waals surface area contributed by atoms with E-state index in [9.17, 15) is 8.42 Å². The fraction of sp³-hybridized carbons (Fsp3) is 0.333. The van der Waals surface area contributed by atoms with E-state index in [2.05, 4.69) is 0 Å². The Balaban J connectivity index is 2.00. The van der Waals surface area contributed by atoms with Crippen molar-refractivity contribution in [1.82, 2.24) is 4.31 Å². The maximum atomic E-state index is 12.8. The molecule has 1 aliphatic heterocycles. The molecule has 0 bridgehead atoms. The maximum Gasteiger partial charge on any atom is 0.253 e. The number of nitrogens with two attached hydrogens (primary N) is 1. The highest BCUT2D eigenvalue weighted by atomic mass is 32.2. The molecule has 2 N–H and O–H groups in total. The van der Waals surface area contributed by atoms with Crippen LogP contribution in [-0.2, 0) is 10.0 Å². The maximum absolute atomic E-state index is 12.8. The van der Waals surface area contributed by atoms with Gasteiger partial charge in [0.05, 0.1) is 6.04 Å². The van der Waals surface area contributed by atoms with Crippen LogP contribution in [0.4, 0.5) is 5.69 Å². The topological polar surface area (TPSA) is 63.4 Å². The molecule has 0 radical (unpaired) electrons. The van der Waals surface area contributed by atoms with Crippen LogP contribution >= 0.6 is 11.3 Å². The number of anilines is 1. The minimum absolute atomic E-state index is 0.0699. The van der Waals surface area contributed by atoms with Gasteiger partial charge in [-0.15, -0.1) is 11.3 Å². The van der Waals surface area contributed by atoms with Gasteiger partial charge in [-0.25, -0.2) is 8.42 Å². The van der Waals surface area contributed by atoms with Gasteiger partial charge in [-0.05, 0) is 37.0 Å². The quantitative estimate of drug-likeness (QED) is 0.944. The lowest BCUT2D eigenvalue weighted by Gasteiger charge is -2.25. The lowest BCUT2D eigenvalue weighted by atomic mass is 10.0. The average Bonchev–Trinajstić information content (AvgIpc) is 3.08. The molecular weight excluding hydrogens is 304 g/mol. The summed E-state index contributed by atoms with van der Waals surface area (Å²) in [6.07, 6.45) is 1.75. The van der Waals surface area contributed by atoms with Crippen molar-refractivity contribution in [3.8, 4) is 0 Å². The number of thiophene rings is 1. The van der Waals surface area contributed by atoms with E-state index in [0.717, 1.165) is 24.0 Å². The van der Waals surface area contributed by atoms with Gasteiger partial charge < -0.3 is 5.73 Å². The highest BCUT2D eigenvalue weighted by molar-refractivity contribution is 7.91. The van der Waals surface area contributed by atoms with Crippen LogP contribution in [-0.4, -0.2) is 19.3 Å². The molecule has 1 unspecified atom stereocenters. The summed E-state index contributed by atoms with van der Waals surface area (Å²) in [6.45, 7) is 2.60. The molecule has 1 atom stereocenters. The van der Waals surface area contributed by atoms with Crippen molar-refractivity contribution in [1.29, 1.82) is 0 Å². The van der Waals surface area contributed by atoms with Crippen molar-refractivity contribution in [2.24, 2.45) is 0 Å². The van der Waals surface area contributed by atoms with Gasteiger partial charge in [0.15, 0.2) is 0 Å². The van der Waals surface area contributed by atoms with Crippen molar-refractivity contribution in [2.75, 3.05) is 12.3 Å². The fourth-order valence-corrected chi connectivity index (χ4v) is 5.76. The summed E-state index contributed by atoms with van der Waals surface area (Å²) in [6, 6.07) is 9.48. The van der Waals surface area contributed by atoms with Gasteiger partial charge in [-0.2, -0.15) is 4.31 Å². The lowest BCUT2D eigenvalue weighted by Crippen LogP contribution is -2.30. The van der Waals surface area contributed by atoms with Crippen LogP contribution in [0, 0.1) is 6.92 Å². The Morgan fingerprint density at radius 1 is 1.33 bits per heavy atom. The molecule has 0 saturated carbocycles. The number of aryl methyl sites for hydroxylation is 1. The van der Waals surface area contributed by atoms with E-state index in [1.54, 1.807) is 15.8 Å². The summed E-state index contributed by atoms with van der Waals surface area (Å²) in [7, 11) is -3.46. The molecule has 1 fully saturated rings. The van der Waals surface area contributed by atoms with E-state index in [-0.39, 0.29) is 6.04 Å². The van der Waals surface area contributed by atoms with E-state index in [4.69, 9.17) is 5.73 Å². The summed E-state index contributed by atoms with van der Waals surface area (Å²) in [5.74, 6) is 0. The first-order valence-electron chi connectivity index (χ1n) is 6.91. The molecule has 1 aliphatic rings. The largest absolute Gasteiger partial charge is 0.398 e. The minimum atomic E-state index is -3.46. The molecule has 3 rings (SSSR count). The van der Waals surface area contributed by atoms with Crippen molar-refractivity contribution >= 4 is 27.0 Å². The van der Waals surface area contributed by atoms with Gasteiger partial charge in [0.1, 0.15) is 4.21 Å². The molecular formula is C15H18N2O2S2. The highest BCUT2D eigenvalue weighted by Crippen LogP contribution is 2.39. The Labute approximate surface area is 129 Å². The second-order valence-electron chi connectivity index (χ2n) is 5.33. The summed E-state index contributed by atoms with van der Waals surface area (Å²) in [5.41, 5.74) is 8.41. The monoisotopic (exact) mass is 322 g/mol. The minimum Gasteiger partial charge on any atom is -0.398 e. The molecule has 1 aromatic heterocycles. The standard InChI is InChI=1S/C15H18N2O2S2/c1-11-5-2-3-6-13(11)14-7-4-8-17(14)21(18,19)15-9-12(16)10-20-15/h2-3,5-6,9-10,14H,4,7-8,16H2,1H3. The van der Waals surface area contributed by atoms with Gasteiger partial charge in [-0.1, -0.05) is 24.3 Å². The van der Waals surface area contributed by atoms with Gasteiger partial charge in [0, 0.05) is 17.6 Å². The molecule has 0 spiro atoms. The molecule has 1 saturated heterocycles. The zero-order valence-electron chi connectivity index (χ0n) is 11.8. The normalized spacial score (nSPS) is 20.0. The predicted octanol–water partition coefficient (Wildman–Crippen LogP) is 3.16. The Hall–Kier alpha value is -1.37. The van der Waals surface area contributed by atoms with E-state index >= 15 is 0 Å². The van der Waals surface area contributed by atoms with E-state index in [1.165, 1.54) is 11.3 Å². The molecule has 0 amide bonds. The lowest BCUT2D eigenvalue weighted by molar-refractivity contribution is 0.397. The zero-order chi connectivity index (χ0) is 15.0. The predicted molar refractivity (Wildman–Crippen MR) is 85.8 cm³/mol. The number of hydrogen-bond acceptors (Lipinski definition) is 4. The Morgan fingerprint density at radius 3 is 2.76 bits per heavy atom. The molecule has 2 heterocycles. The summed E-state index contributed by atoms with van der Waals surface area (Å²) in [4.78, 5) is 0. The fourth-order valence-electron chi connectivity index (χ4n) is 2.88. The first-order chi connectivity index (χ1) is 10.00. The smallest absolute Gasteiger partial charge is 0.253 e. The molecule has 112 valence electrons. The average molecular weight is 322 g/mol. The third-order valence-electron chi connectivity index (χ3n) is 3.91. The molecule has 21 heavy (non-hydrogen) atoms. The summed E-state index contributed by atoms with van der Waals surface area (Å²) >= 11 is 1.19. The van der Waals surface area contributed by atoms with Crippen molar-refractivity contribution in [3.63, 3.8) is 0 Å². The zero-order valence-corrected chi connectivity index (χ0v) is 13.5. The van der Waals surface area contributed by atoms with Crippen molar-refractivity contribution < 1.29 is 8.42 Å². The molecule has 6 heteroatoms. The van der Waals surface area contributed by atoms with Crippen LogP contribution in [0.3, 0.4) is 0 Å². The van der Waals surface area contributed by atoms with Crippen LogP contribution < -0.4 is 5.73 Å². The number of sulfonamides is 1. The van der Waals surface area contributed by atoms with E-state index in [0.29, 0.717) is 16.4 Å². The van der Waals surface area contributed by atoms with Crippen LogP contribution in [0.25, 0.3) is 0 Å². The first kappa shape index (κ1) is 14.6. The first-order valence-corrected chi connectivity index (χ1v) is 9.23. The molecule has 1 aromatic carbocycles. The number of rotatable bonds is 3. The van der Waals surface area contributed by atoms with Gasteiger partial charge in [0.2, 0.25) is 0 Å². The second-order valence-corrected chi connectivity index (χ2v) is 8.36. The molecule has 2 aromatic rings. The van der Waals surface area contributed by atoms with Gasteiger partial charge in [-0.3, -0.25) is 0 Å². The number of nitrogens with zero attached hydrogens (tertiary/aromatic N) is 1. The molecule has 0 aliphatic carbocycles. The van der Waals surface area contributed by atoms with Crippen molar-refractivity contribution in [2.45, 2.75) is 30.0 Å². The molecule has 4 nitrogen and oxygen atoms in total. The highest BCUT2D eigenvalue weighted by Gasteiger charge is 2.37. The summed E-state index contributed by atoms with van der Waals surface area (Å²) < 4.78 is 27.6. The third-order valence-corrected chi connectivity index (χ3v) is 7.25. The van der Waals surface area contributed by atoms with Crippen LogP contribution in [0.15, 0.2) is 39.9 Å². The Kier molecular flexibility index (Phi) is 3.77. The van der Waals surface area contributed by atoms with Crippen LogP contribution in [0.2, 0.25) is 0 Å². The Morgan fingerprint density at radius 2 is 2.10 bits per heavy atom. The SMILES string of the molecule is Cc1ccccc1C1CCCN1S(=O)(=O)c1cc(N)cs1. The third kappa shape index (κ3) is 2.59. The van der Waals surface area contributed by atoms with Crippen molar-refractivity contribution in [3.05, 3.63) is 46.8 Å². The number of nitrogen functional groups attached to an aromatic ring is 1. The van der Waals surface area contributed by atoms with E-state index in [1.807, 2.05) is 31.2 Å². The van der Waals surface area contributed by atoms with Crippen LogP contribution in [0.5, 0.6) is 0 Å². The van der Waals surface area contributed by atoms with Gasteiger partial charge in [0.25, 0.3) is 10.0 Å². The van der Waals surface area contributed by atoms with Gasteiger partial charge >= 0.3 is 0 Å². The number of benzene rings is 1. The Bertz CT molecular complexity index is 753.